The van der Waals surface area contributed by atoms with Gasteiger partial charge in [0, 0.05) is 26.1 Å². The predicted molar refractivity (Wildman–Crippen MR) is 76.0 cm³/mol. The Morgan fingerprint density at radius 2 is 2.35 bits per heavy atom. The van der Waals surface area contributed by atoms with Crippen LogP contribution in [0.2, 0.25) is 0 Å². The van der Waals surface area contributed by atoms with Gasteiger partial charge >= 0.3 is 0 Å². The topological polar surface area (TPSA) is 46.3 Å². The first-order chi connectivity index (χ1) is 7.99. The summed E-state index contributed by atoms with van der Waals surface area (Å²) in [6.45, 7) is 2.65. The smallest absolute Gasteiger partial charge is 0.222 e. The predicted octanol–water partition coefficient (Wildman–Crippen LogP) is 2.99. The molecule has 0 aromatic carbocycles. The van der Waals surface area contributed by atoms with E-state index in [9.17, 15) is 4.79 Å². The monoisotopic (exact) mass is 318 g/mol. The lowest BCUT2D eigenvalue weighted by atomic mass is 10.1. The van der Waals surface area contributed by atoms with E-state index in [-0.39, 0.29) is 11.9 Å². The Morgan fingerprint density at radius 1 is 1.65 bits per heavy atom. The zero-order chi connectivity index (χ0) is 12.8. The van der Waals surface area contributed by atoms with Gasteiger partial charge in [0.2, 0.25) is 5.91 Å². The van der Waals surface area contributed by atoms with Crippen molar-refractivity contribution in [1.82, 2.24) is 4.90 Å². The normalized spacial score (nSPS) is 12.5. The minimum atomic E-state index is 0.181. The summed E-state index contributed by atoms with van der Waals surface area (Å²) in [6.07, 6.45) is 2.36. The van der Waals surface area contributed by atoms with E-state index in [4.69, 9.17) is 5.73 Å². The zero-order valence-corrected chi connectivity index (χ0v) is 12.7. The third kappa shape index (κ3) is 5.66. The van der Waals surface area contributed by atoms with E-state index >= 15 is 0 Å². The summed E-state index contributed by atoms with van der Waals surface area (Å²) < 4.78 is 1.10. The fourth-order valence-electron chi connectivity index (χ4n) is 1.56. The second-order valence-corrected chi connectivity index (χ2v) is 6.67. The van der Waals surface area contributed by atoms with Crippen LogP contribution in [0.15, 0.2) is 15.2 Å². The Morgan fingerprint density at radius 3 is 2.88 bits per heavy atom. The van der Waals surface area contributed by atoms with Gasteiger partial charge in [-0.2, -0.15) is 0 Å². The fraction of sp³-hybridized carbons (Fsp3) is 0.583. The quantitative estimate of drug-likeness (QED) is 0.876. The number of nitrogens with zero attached hydrogens (tertiary/aromatic N) is 1. The van der Waals surface area contributed by atoms with Gasteiger partial charge in [-0.1, -0.05) is 0 Å². The van der Waals surface area contributed by atoms with Gasteiger partial charge in [0.25, 0.3) is 0 Å². The van der Waals surface area contributed by atoms with Crippen molar-refractivity contribution in [2.45, 2.75) is 38.8 Å². The molecule has 1 aromatic heterocycles. The van der Waals surface area contributed by atoms with Gasteiger partial charge in [-0.3, -0.25) is 4.79 Å². The maximum Gasteiger partial charge on any atom is 0.222 e. The molecule has 1 amide bonds. The van der Waals surface area contributed by atoms with Gasteiger partial charge in [-0.05, 0) is 52.7 Å². The van der Waals surface area contributed by atoms with Crippen molar-refractivity contribution in [3.63, 3.8) is 0 Å². The lowest BCUT2D eigenvalue weighted by molar-refractivity contribution is -0.130. The highest BCUT2D eigenvalue weighted by molar-refractivity contribution is 9.11. The molecule has 0 aliphatic carbocycles. The molecule has 0 bridgehead atoms. The fourth-order valence-corrected chi connectivity index (χ4v) is 2.76. The van der Waals surface area contributed by atoms with Crippen LogP contribution in [0.5, 0.6) is 0 Å². The molecule has 1 rings (SSSR count). The first-order valence-corrected chi connectivity index (χ1v) is 7.38. The van der Waals surface area contributed by atoms with E-state index in [1.807, 2.05) is 14.0 Å². The minimum absolute atomic E-state index is 0.181. The molecule has 1 unspecified atom stereocenters. The van der Waals surface area contributed by atoms with Crippen LogP contribution in [0.1, 0.15) is 31.7 Å². The third-order valence-electron chi connectivity index (χ3n) is 2.52. The van der Waals surface area contributed by atoms with Crippen LogP contribution < -0.4 is 5.73 Å². The summed E-state index contributed by atoms with van der Waals surface area (Å²) in [5.74, 6) is 0.188. The molecule has 1 heterocycles. The van der Waals surface area contributed by atoms with Crippen molar-refractivity contribution >= 4 is 33.2 Å². The number of thiophene rings is 1. The van der Waals surface area contributed by atoms with E-state index in [1.54, 1.807) is 16.2 Å². The van der Waals surface area contributed by atoms with Gasteiger partial charge in [0.05, 0.1) is 3.79 Å². The second kappa shape index (κ2) is 7.13. The standard InChI is InChI=1S/C12H19BrN2OS/c1-9(14)4-3-5-12(16)15(2)7-10-6-11(13)17-8-10/h6,8-9H,3-5,7,14H2,1-2H3. The maximum absolute atomic E-state index is 11.8. The van der Waals surface area contributed by atoms with E-state index in [0.29, 0.717) is 13.0 Å². The number of hydrogen-bond acceptors (Lipinski definition) is 3. The first-order valence-electron chi connectivity index (χ1n) is 5.71. The molecule has 3 nitrogen and oxygen atoms in total. The molecule has 5 heteroatoms. The summed E-state index contributed by atoms with van der Waals surface area (Å²) in [4.78, 5) is 13.6. The molecular weight excluding hydrogens is 300 g/mol. The lowest BCUT2D eigenvalue weighted by Gasteiger charge is -2.16. The van der Waals surface area contributed by atoms with Crippen LogP contribution in [0, 0.1) is 0 Å². The van der Waals surface area contributed by atoms with Gasteiger partial charge in [-0.25, -0.2) is 0 Å². The Hall–Kier alpha value is -0.390. The van der Waals surface area contributed by atoms with Crippen LogP contribution in [-0.4, -0.2) is 23.9 Å². The average Bonchev–Trinajstić information content (AvgIpc) is 2.63. The molecular formula is C12H19BrN2OS. The summed E-state index contributed by atoms with van der Waals surface area (Å²) >= 11 is 5.06. The average molecular weight is 319 g/mol. The van der Waals surface area contributed by atoms with Gasteiger partial charge in [-0.15, -0.1) is 11.3 Å². The van der Waals surface area contributed by atoms with Crippen molar-refractivity contribution < 1.29 is 4.79 Å². The van der Waals surface area contributed by atoms with Crippen LogP contribution in [-0.2, 0) is 11.3 Å². The Kier molecular flexibility index (Phi) is 6.16. The molecule has 0 aliphatic rings. The lowest BCUT2D eigenvalue weighted by Crippen LogP contribution is -2.26. The SMILES string of the molecule is CC(N)CCCC(=O)N(C)Cc1csc(Br)c1. The van der Waals surface area contributed by atoms with Crippen molar-refractivity contribution in [3.8, 4) is 0 Å². The van der Waals surface area contributed by atoms with Crippen molar-refractivity contribution in [2.75, 3.05) is 7.05 Å². The molecule has 2 N–H and O–H groups in total. The number of carbonyl (C=O) groups is 1. The molecule has 1 aromatic rings. The summed E-state index contributed by atoms with van der Waals surface area (Å²) in [7, 11) is 1.85. The highest BCUT2D eigenvalue weighted by atomic mass is 79.9. The molecule has 0 aliphatic heterocycles. The molecule has 0 fully saturated rings. The van der Waals surface area contributed by atoms with E-state index < -0.39 is 0 Å². The second-order valence-electron chi connectivity index (χ2n) is 4.38. The Labute approximate surface area is 115 Å². The van der Waals surface area contributed by atoms with Gasteiger partial charge in [0.15, 0.2) is 0 Å². The summed E-state index contributed by atoms with van der Waals surface area (Å²) in [6, 6.07) is 2.23. The van der Waals surface area contributed by atoms with E-state index in [0.717, 1.165) is 16.6 Å². The highest BCUT2D eigenvalue weighted by Gasteiger charge is 2.10. The van der Waals surface area contributed by atoms with Crippen molar-refractivity contribution in [1.29, 1.82) is 0 Å². The first kappa shape index (κ1) is 14.7. The minimum Gasteiger partial charge on any atom is -0.341 e. The van der Waals surface area contributed by atoms with Crippen molar-refractivity contribution in [3.05, 3.63) is 20.8 Å². The van der Waals surface area contributed by atoms with E-state index in [2.05, 4.69) is 27.4 Å². The molecule has 0 spiro atoms. The van der Waals surface area contributed by atoms with Crippen LogP contribution >= 0.6 is 27.3 Å². The molecule has 1 atom stereocenters. The number of amides is 1. The number of rotatable bonds is 6. The maximum atomic E-state index is 11.8. The van der Waals surface area contributed by atoms with Gasteiger partial charge in [0.1, 0.15) is 0 Å². The molecule has 0 saturated carbocycles. The highest BCUT2D eigenvalue weighted by Crippen LogP contribution is 2.21. The Bertz CT molecular complexity index is 365. The molecule has 17 heavy (non-hydrogen) atoms. The van der Waals surface area contributed by atoms with E-state index in [1.165, 1.54) is 5.56 Å². The molecule has 0 saturated heterocycles. The number of hydrogen-bond donors (Lipinski definition) is 1. The number of halogens is 1. The largest absolute Gasteiger partial charge is 0.341 e. The van der Waals surface area contributed by atoms with Crippen molar-refractivity contribution in [2.24, 2.45) is 5.73 Å². The van der Waals surface area contributed by atoms with Crippen LogP contribution in [0.4, 0.5) is 0 Å². The van der Waals surface area contributed by atoms with Crippen LogP contribution in [0.25, 0.3) is 0 Å². The Balaban J connectivity index is 2.31. The summed E-state index contributed by atoms with van der Waals surface area (Å²) in [5.41, 5.74) is 6.82. The van der Waals surface area contributed by atoms with Gasteiger partial charge < -0.3 is 10.6 Å². The molecule has 96 valence electrons. The molecule has 0 radical (unpaired) electrons. The number of carbonyl (C=O) groups excluding carboxylic acids is 1. The third-order valence-corrected chi connectivity index (χ3v) is 4.07. The zero-order valence-electron chi connectivity index (χ0n) is 10.3. The van der Waals surface area contributed by atoms with Crippen LogP contribution in [0.3, 0.4) is 0 Å². The summed E-state index contributed by atoms with van der Waals surface area (Å²) in [5, 5.41) is 2.07. The number of nitrogens with two attached hydrogens (primary N) is 1.